The largest absolute Gasteiger partial charge is 0.315 e. The van der Waals surface area contributed by atoms with Gasteiger partial charge in [0.2, 0.25) is 5.91 Å². The number of nitrogens with zero attached hydrogens (tertiary/aromatic N) is 2. The second-order valence-corrected chi connectivity index (χ2v) is 9.44. The van der Waals surface area contributed by atoms with Crippen molar-refractivity contribution in [2.75, 3.05) is 17.2 Å². The number of carbonyl (C=O) groups is 2. The molecule has 1 aliphatic carbocycles. The highest BCUT2D eigenvalue weighted by molar-refractivity contribution is 8.01. The van der Waals surface area contributed by atoms with Crippen molar-refractivity contribution < 1.29 is 14.0 Å². The zero-order valence-corrected chi connectivity index (χ0v) is 17.2. The van der Waals surface area contributed by atoms with Gasteiger partial charge in [-0.2, -0.15) is 0 Å². The van der Waals surface area contributed by atoms with Crippen LogP contribution in [0.2, 0.25) is 0 Å². The Kier molecular flexibility index (Phi) is 4.42. The van der Waals surface area contributed by atoms with Crippen molar-refractivity contribution in [2.45, 2.75) is 37.6 Å². The second kappa shape index (κ2) is 6.87. The Balaban J connectivity index is 1.57. The van der Waals surface area contributed by atoms with E-state index in [9.17, 15) is 14.0 Å². The topological polar surface area (TPSA) is 40.6 Å². The highest BCUT2D eigenvalue weighted by Crippen LogP contribution is 2.55. The standard InChI is InChI=1S/C23H23FN2O2S/c1-15-5-7-16(8-6-15)14-25-20-10-9-18(24)13-19(20)23(22(25)28)26(11-12-29-23)21(27)17-3-2-4-17/h5-10,13,17H,2-4,11-12,14H2,1H3/t23-/m0/s1. The van der Waals surface area contributed by atoms with Crippen LogP contribution in [0.1, 0.15) is 36.0 Å². The van der Waals surface area contributed by atoms with Gasteiger partial charge in [-0.1, -0.05) is 36.2 Å². The fourth-order valence-electron chi connectivity index (χ4n) is 4.52. The number of hydrogen-bond donors (Lipinski definition) is 0. The molecule has 0 radical (unpaired) electrons. The summed E-state index contributed by atoms with van der Waals surface area (Å²) >= 11 is 1.46. The maximum absolute atomic E-state index is 14.2. The van der Waals surface area contributed by atoms with Gasteiger partial charge >= 0.3 is 0 Å². The molecule has 6 heteroatoms. The second-order valence-electron chi connectivity index (χ2n) is 8.15. The summed E-state index contributed by atoms with van der Waals surface area (Å²) in [6, 6.07) is 12.6. The minimum Gasteiger partial charge on any atom is -0.315 e. The molecule has 2 aromatic carbocycles. The molecule has 0 bridgehead atoms. The summed E-state index contributed by atoms with van der Waals surface area (Å²) in [5.74, 6) is 0.215. The van der Waals surface area contributed by atoms with E-state index in [2.05, 4.69) is 0 Å². The molecule has 1 atom stereocenters. The fraction of sp³-hybridized carbons (Fsp3) is 0.391. The van der Waals surface area contributed by atoms with Crippen LogP contribution in [0.15, 0.2) is 42.5 Å². The molecule has 150 valence electrons. The van der Waals surface area contributed by atoms with Gasteiger partial charge in [-0.25, -0.2) is 4.39 Å². The predicted octanol–water partition coefficient (Wildman–Crippen LogP) is 4.21. The predicted molar refractivity (Wildman–Crippen MR) is 112 cm³/mol. The van der Waals surface area contributed by atoms with Crippen LogP contribution in [0, 0.1) is 18.7 Å². The lowest BCUT2D eigenvalue weighted by Gasteiger charge is -2.37. The van der Waals surface area contributed by atoms with Crippen molar-refractivity contribution in [3.05, 3.63) is 65.0 Å². The number of halogens is 1. The third-order valence-electron chi connectivity index (χ3n) is 6.34. The number of hydrogen-bond acceptors (Lipinski definition) is 3. The van der Waals surface area contributed by atoms with Gasteiger partial charge in [-0.05, 0) is 43.5 Å². The van der Waals surface area contributed by atoms with Crippen molar-refractivity contribution in [1.29, 1.82) is 0 Å². The van der Waals surface area contributed by atoms with Crippen LogP contribution in [-0.4, -0.2) is 29.0 Å². The normalized spacial score (nSPS) is 23.6. The molecule has 0 unspecified atom stereocenters. The highest BCUT2D eigenvalue weighted by atomic mass is 32.2. The van der Waals surface area contributed by atoms with Gasteiger partial charge in [0.25, 0.3) is 5.91 Å². The van der Waals surface area contributed by atoms with Gasteiger partial charge in [0, 0.05) is 23.8 Å². The van der Waals surface area contributed by atoms with E-state index in [1.54, 1.807) is 15.9 Å². The van der Waals surface area contributed by atoms with Gasteiger partial charge in [0.1, 0.15) is 5.82 Å². The molecule has 1 saturated heterocycles. The lowest BCUT2D eigenvalue weighted by Crippen LogP contribution is -2.52. The minimum atomic E-state index is -1.13. The van der Waals surface area contributed by atoms with Crippen molar-refractivity contribution in [1.82, 2.24) is 4.90 Å². The maximum Gasteiger partial charge on any atom is 0.268 e. The molecule has 2 heterocycles. The number of carbonyl (C=O) groups excluding carboxylic acids is 2. The van der Waals surface area contributed by atoms with Crippen LogP contribution in [-0.2, 0) is 21.0 Å². The fourth-order valence-corrected chi connectivity index (χ4v) is 5.98. The van der Waals surface area contributed by atoms with Gasteiger partial charge in [0.15, 0.2) is 4.87 Å². The molecule has 29 heavy (non-hydrogen) atoms. The molecular weight excluding hydrogens is 387 g/mol. The van der Waals surface area contributed by atoms with Crippen molar-refractivity contribution in [2.24, 2.45) is 5.92 Å². The summed E-state index contributed by atoms with van der Waals surface area (Å²) in [5, 5.41) is 0. The minimum absolute atomic E-state index is 0.00142. The lowest BCUT2D eigenvalue weighted by atomic mass is 9.84. The monoisotopic (exact) mass is 410 g/mol. The van der Waals surface area contributed by atoms with E-state index in [1.807, 2.05) is 31.2 Å². The van der Waals surface area contributed by atoms with Crippen LogP contribution >= 0.6 is 11.8 Å². The van der Waals surface area contributed by atoms with Crippen LogP contribution < -0.4 is 4.90 Å². The Morgan fingerprint density at radius 2 is 1.97 bits per heavy atom. The van der Waals surface area contributed by atoms with Gasteiger partial charge in [-0.3, -0.25) is 9.59 Å². The molecule has 0 aromatic heterocycles. The summed E-state index contributed by atoms with van der Waals surface area (Å²) in [6.07, 6.45) is 2.82. The molecule has 3 aliphatic rings. The first-order valence-electron chi connectivity index (χ1n) is 10.1. The number of fused-ring (bicyclic) bond motifs is 2. The number of anilines is 1. The summed E-state index contributed by atoms with van der Waals surface area (Å²) in [7, 11) is 0. The molecule has 4 nitrogen and oxygen atoms in total. The van der Waals surface area contributed by atoms with E-state index in [4.69, 9.17) is 0 Å². The smallest absolute Gasteiger partial charge is 0.268 e. The third kappa shape index (κ3) is 2.80. The van der Waals surface area contributed by atoms with Gasteiger partial charge in [0.05, 0.1) is 12.2 Å². The number of rotatable bonds is 3. The molecule has 1 spiro atoms. The Hall–Kier alpha value is -2.34. The van der Waals surface area contributed by atoms with Crippen LogP contribution in [0.25, 0.3) is 0 Å². The van der Waals surface area contributed by atoms with E-state index in [0.29, 0.717) is 30.1 Å². The van der Waals surface area contributed by atoms with Crippen LogP contribution in [0.3, 0.4) is 0 Å². The first-order valence-corrected chi connectivity index (χ1v) is 11.1. The Morgan fingerprint density at radius 1 is 1.21 bits per heavy atom. The van der Waals surface area contributed by atoms with Crippen LogP contribution in [0.4, 0.5) is 10.1 Å². The van der Waals surface area contributed by atoms with Crippen molar-refractivity contribution in [3.63, 3.8) is 0 Å². The Bertz CT molecular complexity index is 989. The Morgan fingerprint density at radius 3 is 2.66 bits per heavy atom. The van der Waals surface area contributed by atoms with E-state index in [0.717, 1.165) is 30.4 Å². The molecule has 2 aromatic rings. The highest BCUT2D eigenvalue weighted by Gasteiger charge is 2.60. The lowest BCUT2D eigenvalue weighted by molar-refractivity contribution is -0.145. The summed E-state index contributed by atoms with van der Waals surface area (Å²) in [4.78, 5) is 29.3. The van der Waals surface area contributed by atoms with E-state index in [-0.39, 0.29) is 23.5 Å². The SMILES string of the molecule is Cc1ccc(CN2C(=O)[C@@]3(SCCN3C(=O)C3CCC3)c3cc(F)ccc32)cc1. The molecule has 2 fully saturated rings. The zero-order chi connectivity index (χ0) is 20.2. The molecule has 2 amide bonds. The number of benzene rings is 2. The first-order chi connectivity index (χ1) is 14.0. The Labute approximate surface area is 174 Å². The number of thioether (sulfide) groups is 1. The molecule has 0 N–H and O–H groups in total. The molecule has 2 aliphatic heterocycles. The average molecular weight is 411 g/mol. The van der Waals surface area contributed by atoms with Crippen molar-refractivity contribution in [3.8, 4) is 0 Å². The summed E-state index contributed by atoms with van der Waals surface area (Å²) < 4.78 is 14.2. The van der Waals surface area contributed by atoms with Crippen molar-refractivity contribution >= 4 is 29.3 Å². The first kappa shape index (κ1) is 18.7. The van der Waals surface area contributed by atoms with E-state index in [1.165, 1.54) is 23.9 Å². The molecule has 5 rings (SSSR count). The molecular formula is C23H23FN2O2S. The van der Waals surface area contributed by atoms with E-state index >= 15 is 0 Å². The van der Waals surface area contributed by atoms with Crippen LogP contribution in [0.5, 0.6) is 0 Å². The summed E-state index contributed by atoms with van der Waals surface area (Å²) in [6.45, 7) is 2.96. The quantitative estimate of drug-likeness (QED) is 0.761. The number of aryl methyl sites for hydroxylation is 1. The summed E-state index contributed by atoms with van der Waals surface area (Å²) in [5.41, 5.74) is 3.49. The van der Waals surface area contributed by atoms with Gasteiger partial charge < -0.3 is 9.80 Å². The van der Waals surface area contributed by atoms with Gasteiger partial charge in [-0.15, -0.1) is 11.8 Å². The average Bonchev–Trinajstić information content (AvgIpc) is 3.19. The molecule has 1 saturated carbocycles. The maximum atomic E-state index is 14.2. The van der Waals surface area contributed by atoms with E-state index < -0.39 is 4.87 Å². The zero-order valence-electron chi connectivity index (χ0n) is 16.4. The number of amides is 2. The third-order valence-corrected chi connectivity index (χ3v) is 7.76.